The first kappa shape index (κ1) is 18.0. The third kappa shape index (κ3) is 3.71. The van der Waals surface area contributed by atoms with Gasteiger partial charge >= 0.3 is 0 Å². The summed E-state index contributed by atoms with van der Waals surface area (Å²) in [5.41, 5.74) is 7.47. The van der Waals surface area contributed by atoms with Gasteiger partial charge in [0.05, 0.1) is 11.9 Å². The number of H-pyrrole nitrogens is 1. The lowest BCUT2D eigenvalue weighted by molar-refractivity contribution is -0.139. The molecule has 3 rings (SSSR count). The van der Waals surface area contributed by atoms with E-state index in [2.05, 4.69) is 20.9 Å². The Morgan fingerprint density at radius 3 is 2.54 bits per heavy atom. The van der Waals surface area contributed by atoms with Crippen LogP contribution in [0.1, 0.15) is 26.3 Å². The number of hydrogen-bond acceptors (Lipinski definition) is 4. The molecule has 3 N–H and O–H groups in total. The molecule has 1 aliphatic heterocycles. The number of anilines is 1. The Labute approximate surface area is 152 Å². The summed E-state index contributed by atoms with van der Waals surface area (Å²) in [7, 11) is 0. The Morgan fingerprint density at radius 1 is 1.23 bits per heavy atom. The minimum Gasteiger partial charge on any atom is -0.367 e. The number of nitrogens with zero attached hydrogens (tertiary/aromatic N) is 3. The van der Waals surface area contributed by atoms with Crippen LogP contribution in [0.4, 0.5) is 5.69 Å². The third-order valence-electron chi connectivity index (χ3n) is 4.55. The maximum absolute atomic E-state index is 12.4. The van der Waals surface area contributed by atoms with Crippen LogP contribution in [0.25, 0.3) is 17.1 Å². The highest BCUT2D eigenvalue weighted by atomic mass is 16.2. The highest BCUT2D eigenvalue weighted by molar-refractivity contribution is 5.95. The summed E-state index contributed by atoms with van der Waals surface area (Å²) in [6, 6.07) is 2.06. The predicted octanol–water partition coefficient (Wildman–Crippen LogP) is 1.76. The van der Waals surface area contributed by atoms with Crippen molar-refractivity contribution in [2.45, 2.75) is 20.8 Å². The normalized spacial score (nSPS) is 15.8. The largest absolute Gasteiger partial charge is 0.367 e. The van der Waals surface area contributed by atoms with Crippen molar-refractivity contribution in [2.24, 2.45) is 11.1 Å². The molecule has 1 fully saturated rings. The van der Waals surface area contributed by atoms with Crippen LogP contribution in [0.3, 0.4) is 0 Å². The van der Waals surface area contributed by atoms with Crippen LogP contribution >= 0.6 is 0 Å². The molecule has 1 saturated heterocycles. The number of hydrogen-bond donors (Lipinski definition) is 2. The number of primary amides is 1. The summed E-state index contributed by atoms with van der Waals surface area (Å²) in [6.07, 6.45) is 6.67. The molecular formula is C19H25N5O2. The molecule has 0 spiro atoms. The van der Waals surface area contributed by atoms with Gasteiger partial charge in [-0.2, -0.15) is 0 Å². The van der Waals surface area contributed by atoms with Gasteiger partial charge in [-0.1, -0.05) is 20.8 Å². The van der Waals surface area contributed by atoms with Crippen LogP contribution < -0.4 is 10.6 Å². The second-order valence-corrected chi connectivity index (χ2v) is 7.60. The van der Waals surface area contributed by atoms with E-state index in [9.17, 15) is 9.59 Å². The number of rotatable bonds is 3. The molecule has 0 bridgehead atoms. The van der Waals surface area contributed by atoms with Gasteiger partial charge < -0.3 is 20.5 Å². The van der Waals surface area contributed by atoms with Crippen LogP contribution in [0.2, 0.25) is 0 Å². The second kappa shape index (κ2) is 6.82. The molecular weight excluding hydrogens is 330 g/mol. The zero-order chi connectivity index (χ0) is 18.9. The smallest absolute Gasteiger partial charge is 0.241 e. The SMILES string of the molecule is CC(C)(C)C(=O)N1CCN(c2cnc3[nH]cc(/C=C/C(N)=O)c3c2)CC1. The Hall–Kier alpha value is -2.83. The average Bonchev–Trinajstić information content (AvgIpc) is 3.01. The van der Waals surface area contributed by atoms with Crippen molar-refractivity contribution in [1.82, 2.24) is 14.9 Å². The van der Waals surface area contributed by atoms with Crippen LogP contribution in [0.5, 0.6) is 0 Å². The van der Waals surface area contributed by atoms with E-state index in [0.717, 1.165) is 35.4 Å². The average molecular weight is 355 g/mol. The Kier molecular flexibility index (Phi) is 4.71. The third-order valence-corrected chi connectivity index (χ3v) is 4.55. The number of aromatic nitrogens is 2. The molecule has 7 heteroatoms. The number of carbonyl (C=O) groups is 2. The van der Waals surface area contributed by atoms with Gasteiger partial charge in [0.25, 0.3) is 0 Å². The number of fused-ring (bicyclic) bond motifs is 1. The van der Waals surface area contributed by atoms with Crippen molar-refractivity contribution in [3.63, 3.8) is 0 Å². The fourth-order valence-corrected chi connectivity index (χ4v) is 3.14. The van der Waals surface area contributed by atoms with Crippen LogP contribution in [0.15, 0.2) is 24.5 Å². The highest BCUT2D eigenvalue weighted by Gasteiger charge is 2.29. The summed E-state index contributed by atoms with van der Waals surface area (Å²) < 4.78 is 0. The molecule has 0 aromatic carbocycles. The number of nitrogens with two attached hydrogens (primary N) is 1. The zero-order valence-corrected chi connectivity index (χ0v) is 15.5. The van der Waals surface area contributed by atoms with Gasteiger partial charge in [-0.15, -0.1) is 0 Å². The van der Waals surface area contributed by atoms with Gasteiger partial charge in [-0.05, 0) is 12.1 Å². The molecule has 0 unspecified atom stereocenters. The summed E-state index contributed by atoms with van der Waals surface area (Å²) in [6.45, 7) is 8.80. The Balaban J connectivity index is 1.76. The van der Waals surface area contributed by atoms with Crippen LogP contribution in [-0.2, 0) is 9.59 Å². The summed E-state index contributed by atoms with van der Waals surface area (Å²) in [5, 5.41) is 0.938. The number of amides is 2. The molecule has 0 saturated carbocycles. The molecule has 2 amide bonds. The van der Waals surface area contributed by atoms with E-state index in [1.807, 2.05) is 31.9 Å². The number of pyridine rings is 1. The van der Waals surface area contributed by atoms with E-state index in [-0.39, 0.29) is 11.3 Å². The number of nitrogens with one attached hydrogen (secondary N) is 1. The van der Waals surface area contributed by atoms with Gasteiger partial charge in [0.15, 0.2) is 0 Å². The molecule has 26 heavy (non-hydrogen) atoms. The second-order valence-electron chi connectivity index (χ2n) is 7.60. The molecule has 2 aromatic rings. The molecule has 1 aliphatic rings. The summed E-state index contributed by atoms with van der Waals surface area (Å²) in [4.78, 5) is 35.1. The fourth-order valence-electron chi connectivity index (χ4n) is 3.14. The number of piperazine rings is 1. The minimum absolute atomic E-state index is 0.190. The van der Waals surface area contributed by atoms with Crippen molar-refractivity contribution < 1.29 is 9.59 Å². The van der Waals surface area contributed by atoms with Crippen molar-refractivity contribution in [3.8, 4) is 0 Å². The van der Waals surface area contributed by atoms with E-state index in [4.69, 9.17) is 5.73 Å². The minimum atomic E-state index is -0.483. The monoisotopic (exact) mass is 355 g/mol. The van der Waals surface area contributed by atoms with Gasteiger partial charge in [0.1, 0.15) is 5.65 Å². The summed E-state index contributed by atoms with van der Waals surface area (Å²) >= 11 is 0. The fraction of sp³-hybridized carbons (Fsp3) is 0.421. The number of carbonyl (C=O) groups excluding carboxylic acids is 2. The van der Waals surface area contributed by atoms with E-state index in [0.29, 0.717) is 13.1 Å². The maximum Gasteiger partial charge on any atom is 0.241 e. The van der Waals surface area contributed by atoms with Crippen LogP contribution in [-0.4, -0.2) is 52.9 Å². The maximum atomic E-state index is 12.4. The molecule has 138 valence electrons. The van der Waals surface area contributed by atoms with Crippen LogP contribution in [0, 0.1) is 5.41 Å². The molecule has 7 nitrogen and oxygen atoms in total. The zero-order valence-electron chi connectivity index (χ0n) is 15.5. The van der Waals surface area contributed by atoms with E-state index in [1.54, 1.807) is 12.3 Å². The molecule has 0 aliphatic carbocycles. The van der Waals surface area contributed by atoms with Gasteiger partial charge in [-0.25, -0.2) is 4.98 Å². The van der Waals surface area contributed by atoms with Gasteiger partial charge in [0.2, 0.25) is 11.8 Å². The molecule has 0 radical (unpaired) electrons. The van der Waals surface area contributed by atoms with E-state index in [1.165, 1.54) is 6.08 Å². The lowest BCUT2D eigenvalue weighted by Crippen LogP contribution is -2.51. The quantitative estimate of drug-likeness (QED) is 0.820. The molecule has 2 aromatic heterocycles. The topological polar surface area (TPSA) is 95.3 Å². The van der Waals surface area contributed by atoms with Gasteiger partial charge in [0, 0.05) is 54.8 Å². The van der Waals surface area contributed by atoms with Gasteiger partial charge in [-0.3, -0.25) is 9.59 Å². The van der Waals surface area contributed by atoms with Crippen molar-refractivity contribution >= 4 is 34.6 Å². The Morgan fingerprint density at radius 2 is 1.92 bits per heavy atom. The Bertz CT molecular complexity index is 854. The lowest BCUT2D eigenvalue weighted by atomic mass is 9.94. The van der Waals surface area contributed by atoms with Crippen molar-refractivity contribution in [1.29, 1.82) is 0 Å². The van der Waals surface area contributed by atoms with E-state index < -0.39 is 5.91 Å². The molecule has 0 atom stereocenters. The predicted molar refractivity (Wildman–Crippen MR) is 103 cm³/mol. The first-order valence-electron chi connectivity index (χ1n) is 8.74. The molecule has 3 heterocycles. The number of aromatic amines is 1. The lowest BCUT2D eigenvalue weighted by Gasteiger charge is -2.38. The standard InChI is InChI=1S/C19H25N5O2/c1-19(2,3)18(26)24-8-6-23(7-9-24)14-10-15-13(4-5-16(20)25)11-21-17(15)22-12-14/h4-5,10-12H,6-9H2,1-3H3,(H2,20,25)(H,21,22)/b5-4+. The van der Waals surface area contributed by atoms with Crippen molar-refractivity contribution in [2.75, 3.05) is 31.1 Å². The first-order valence-corrected chi connectivity index (χ1v) is 8.74. The summed E-state index contributed by atoms with van der Waals surface area (Å²) in [5.74, 6) is -0.293. The first-order chi connectivity index (χ1) is 12.3. The van der Waals surface area contributed by atoms with Crippen molar-refractivity contribution in [3.05, 3.63) is 30.1 Å². The highest BCUT2D eigenvalue weighted by Crippen LogP contribution is 2.25. The van der Waals surface area contributed by atoms with E-state index >= 15 is 0 Å².